The van der Waals surface area contributed by atoms with Crippen molar-refractivity contribution in [2.75, 3.05) is 51.1 Å². The Morgan fingerprint density at radius 3 is 1.63 bits per heavy atom. The van der Waals surface area contributed by atoms with Gasteiger partial charge in [-0.05, 0) is 60.4 Å². The first-order valence-electron chi connectivity index (χ1n) is 20.1. The van der Waals surface area contributed by atoms with E-state index < -0.39 is 0 Å². The molecule has 0 amide bonds. The highest BCUT2D eigenvalue weighted by atomic mass is 16.5. The Kier molecular flexibility index (Phi) is 18.6. The van der Waals surface area contributed by atoms with Crippen molar-refractivity contribution >= 4 is 40.3 Å². The molecule has 3 aromatic heterocycles. The Morgan fingerprint density at radius 1 is 0.542 bits per heavy atom. The van der Waals surface area contributed by atoms with E-state index in [1.54, 1.807) is 12.3 Å². The molecule has 5 rings (SSSR count). The molecular weight excluding hydrogens is 757 g/mol. The number of rotatable bonds is 30. The van der Waals surface area contributed by atoms with Crippen LogP contribution in [0.5, 0.6) is 11.9 Å². The Bertz CT molecular complexity index is 2040. The maximum absolute atomic E-state index is 12.4. The molecule has 0 radical (unpaired) electrons. The number of hydrogen-bond donors (Lipinski definition) is 3. The van der Waals surface area contributed by atoms with E-state index in [1.165, 1.54) is 6.33 Å². The van der Waals surface area contributed by atoms with E-state index in [0.717, 1.165) is 22.3 Å². The van der Waals surface area contributed by atoms with E-state index >= 15 is 0 Å². The molecule has 16 nitrogen and oxygen atoms in total. The first-order valence-corrected chi connectivity index (χ1v) is 20.1. The molecule has 59 heavy (non-hydrogen) atoms. The second-order valence-electron chi connectivity index (χ2n) is 14.0. The number of aromatic amines is 1. The van der Waals surface area contributed by atoms with E-state index in [9.17, 15) is 14.4 Å². The molecule has 0 unspecified atom stereocenters. The van der Waals surface area contributed by atoms with Crippen LogP contribution in [0.2, 0.25) is 0 Å². The Balaban J connectivity index is 0.772. The predicted molar refractivity (Wildman–Crippen MR) is 221 cm³/mol. The van der Waals surface area contributed by atoms with Gasteiger partial charge < -0.3 is 40.1 Å². The zero-order valence-electron chi connectivity index (χ0n) is 33.4. The second kappa shape index (κ2) is 24.8. The third kappa shape index (κ3) is 16.9. The van der Waals surface area contributed by atoms with Gasteiger partial charge in [-0.25, -0.2) is 9.97 Å². The lowest BCUT2D eigenvalue weighted by Gasteiger charge is -2.08. The van der Waals surface area contributed by atoms with Gasteiger partial charge in [-0.1, -0.05) is 48.5 Å². The quantitative estimate of drug-likeness (QED) is 0.0485. The highest BCUT2D eigenvalue weighted by Crippen LogP contribution is 2.21. The lowest BCUT2D eigenvalue weighted by Crippen LogP contribution is -2.11. The molecule has 3 heterocycles. The summed E-state index contributed by atoms with van der Waals surface area (Å²) in [4.78, 5) is 60.3. The summed E-state index contributed by atoms with van der Waals surface area (Å²) in [7, 11) is 0. The number of nitrogens with one attached hydrogen (secondary N) is 1. The number of H-pyrrole nitrogens is 1. The number of carbonyl (C=O) groups is 3. The molecule has 314 valence electrons. The number of nitrogens with zero attached hydrogens (tertiary/aromatic N) is 5. The van der Waals surface area contributed by atoms with Crippen LogP contribution in [-0.4, -0.2) is 86.9 Å². The van der Waals surface area contributed by atoms with Crippen LogP contribution in [0.3, 0.4) is 0 Å². The minimum Gasteiger partial charge on any atom is -0.471 e. The molecule has 0 spiro atoms. The standard InChI is InChI=1S/C43H54N8O8/c44-38-20-21-46-43(49-38)59-29-34-14-10-32(11-15-34)17-19-37(54)7-3-23-56-25-27-57-26-24-55-22-2-6-35(52)4-1-5-36(53)18-16-31-8-12-33(13-9-31)28-58-41-39-40(48-30-47-39)50-42(45)51-41/h8-15,20-21,30H,1-7,16-19,22-29H2,(H2,44,46,49)(H3,45,47,48,50,51). The normalized spacial score (nSPS) is 11.2. The third-order valence-electron chi connectivity index (χ3n) is 9.24. The molecule has 0 saturated carbocycles. The molecule has 0 fully saturated rings. The van der Waals surface area contributed by atoms with Gasteiger partial charge in [0.25, 0.3) is 0 Å². The van der Waals surface area contributed by atoms with Gasteiger partial charge in [-0.15, -0.1) is 0 Å². The minimum absolute atomic E-state index is 0.0922. The fraction of sp³-hybridized carbons (Fsp3) is 0.442. The predicted octanol–water partition coefficient (Wildman–Crippen LogP) is 5.52. The number of nitrogens with two attached hydrogens (primary N) is 2. The van der Waals surface area contributed by atoms with Gasteiger partial charge in [-0.2, -0.15) is 15.0 Å². The second-order valence-corrected chi connectivity index (χ2v) is 14.0. The number of nitrogen functional groups attached to an aromatic ring is 2. The number of hydrogen-bond acceptors (Lipinski definition) is 15. The van der Waals surface area contributed by atoms with Crippen molar-refractivity contribution in [3.63, 3.8) is 0 Å². The number of Topliss-reactive ketones (excluding diaryl/α,β-unsaturated/α-hetero) is 3. The summed E-state index contributed by atoms with van der Waals surface area (Å²) < 4.78 is 28.1. The molecule has 16 heteroatoms. The van der Waals surface area contributed by atoms with Crippen molar-refractivity contribution < 1.29 is 38.1 Å². The van der Waals surface area contributed by atoms with Crippen molar-refractivity contribution in [2.45, 2.75) is 83.8 Å². The van der Waals surface area contributed by atoms with Crippen LogP contribution in [0.1, 0.15) is 80.0 Å². The summed E-state index contributed by atoms with van der Waals surface area (Å²) in [6.45, 7) is 3.40. The number of anilines is 2. The SMILES string of the molecule is Nc1ccnc(OCc2ccc(CCC(=O)CCCOCCOCCOCCCC(=O)CCCC(=O)CCc3ccc(COc4nc(N)nc5nc[nH]c45)cc3)cc2)n1. The number of carbonyl (C=O) groups excluding carboxylic acids is 3. The fourth-order valence-corrected chi connectivity index (χ4v) is 5.96. The van der Waals surface area contributed by atoms with Crippen molar-refractivity contribution in [1.29, 1.82) is 0 Å². The number of ketones is 3. The molecule has 0 atom stereocenters. The van der Waals surface area contributed by atoms with Gasteiger partial charge >= 0.3 is 6.01 Å². The summed E-state index contributed by atoms with van der Waals surface area (Å²) in [5.41, 5.74) is 16.5. The maximum Gasteiger partial charge on any atom is 0.318 e. The van der Waals surface area contributed by atoms with Crippen LogP contribution < -0.4 is 20.9 Å². The van der Waals surface area contributed by atoms with E-state index in [2.05, 4.69) is 29.9 Å². The average molecular weight is 811 g/mol. The van der Waals surface area contributed by atoms with Crippen molar-refractivity contribution in [2.24, 2.45) is 0 Å². The van der Waals surface area contributed by atoms with Gasteiger partial charge in [-0.3, -0.25) is 14.4 Å². The largest absolute Gasteiger partial charge is 0.471 e. The topological polar surface area (TPSA) is 230 Å². The Hall–Kier alpha value is -5.84. The number of ether oxygens (including phenoxy) is 5. The third-order valence-corrected chi connectivity index (χ3v) is 9.24. The van der Waals surface area contributed by atoms with Crippen LogP contribution in [-0.2, 0) is 54.6 Å². The van der Waals surface area contributed by atoms with Crippen molar-refractivity contribution in [3.05, 3.63) is 89.4 Å². The lowest BCUT2D eigenvalue weighted by atomic mass is 10.0. The smallest absolute Gasteiger partial charge is 0.318 e. The number of fused-ring (bicyclic) bond motifs is 1. The van der Waals surface area contributed by atoms with Gasteiger partial charge in [0, 0.05) is 57.9 Å². The fourth-order valence-electron chi connectivity index (χ4n) is 5.96. The summed E-state index contributed by atoms with van der Waals surface area (Å²) in [5.74, 6) is 1.30. The minimum atomic E-state index is 0.0922. The highest BCUT2D eigenvalue weighted by Gasteiger charge is 2.11. The molecule has 5 aromatic rings. The Morgan fingerprint density at radius 2 is 1.05 bits per heavy atom. The zero-order chi connectivity index (χ0) is 41.5. The van der Waals surface area contributed by atoms with Gasteiger partial charge in [0.2, 0.25) is 11.8 Å². The summed E-state index contributed by atoms with van der Waals surface area (Å²) in [6.07, 6.45) is 8.91. The molecule has 0 saturated heterocycles. The molecule has 2 aromatic carbocycles. The van der Waals surface area contributed by atoms with Gasteiger partial charge in [0.15, 0.2) is 5.65 Å². The van der Waals surface area contributed by atoms with Gasteiger partial charge in [0.05, 0.1) is 32.8 Å². The van der Waals surface area contributed by atoms with Crippen molar-refractivity contribution in [3.8, 4) is 11.9 Å². The van der Waals surface area contributed by atoms with Crippen LogP contribution in [0.15, 0.2) is 67.1 Å². The zero-order valence-corrected chi connectivity index (χ0v) is 33.4. The molecule has 0 aliphatic heterocycles. The van der Waals surface area contributed by atoms with Crippen LogP contribution in [0, 0.1) is 0 Å². The Labute approximate surface area is 343 Å². The van der Waals surface area contributed by atoms with Crippen LogP contribution in [0.25, 0.3) is 11.2 Å². The lowest BCUT2D eigenvalue weighted by molar-refractivity contribution is -0.121. The van der Waals surface area contributed by atoms with Crippen LogP contribution in [0.4, 0.5) is 11.8 Å². The number of imidazole rings is 1. The number of benzene rings is 2. The van der Waals surface area contributed by atoms with E-state index in [1.807, 2.05) is 48.5 Å². The molecular formula is C43H54N8O8. The van der Waals surface area contributed by atoms with Crippen molar-refractivity contribution in [1.82, 2.24) is 29.9 Å². The van der Waals surface area contributed by atoms with E-state index in [0.29, 0.717) is 146 Å². The first-order chi connectivity index (χ1) is 28.8. The van der Waals surface area contributed by atoms with Gasteiger partial charge in [0.1, 0.15) is 41.9 Å². The maximum atomic E-state index is 12.4. The highest BCUT2D eigenvalue weighted by molar-refractivity contribution is 5.81. The monoisotopic (exact) mass is 810 g/mol. The molecule has 5 N–H and O–H groups in total. The molecule has 0 bridgehead atoms. The first kappa shape index (κ1) is 44.3. The molecule has 0 aliphatic carbocycles. The summed E-state index contributed by atoms with van der Waals surface area (Å²) in [5, 5.41) is 0. The average Bonchev–Trinajstić information content (AvgIpc) is 3.72. The number of aromatic nitrogens is 6. The molecule has 0 aliphatic rings. The number of aryl methyl sites for hydroxylation is 2. The van der Waals surface area contributed by atoms with Crippen LogP contribution >= 0.6 is 0 Å². The van der Waals surface area contributed by atoms with E-state index in [4.69, 9.17) is 35.2 Å². The summed E-state index contributed by atoms with van der Waals surface area (Å²) in [6, 6.07) is 17.7. The summed E-state index contributed by atoms with van der Waals surface area (Å²) >= 11 is 0. The van der Waals surface area contributed by atoms with E-state index in [-0.39, 0.29) is 29.3 Å².